The van der Waals surface area contributed by atoms with E-state index in [9.17, 15) is 45.6 Å². The molecule has 0 unspecified atom stereocenters. The molecule has 0 radical (unpaired) electrons. The van der Waals surface area contributed by atoms with Gasteiger partial charge in [0.25, 0.3) is 0 Å². The van der Waals surface area contributed by atoms with Gasteiger partial charge in [-0.25, -0.2) is 4.79 Å². The van der Waals surface area contributed by atoms with Crippen LogP contribution in [0.3, 0.4) is 0 Å². The van der Waals surface area contributed by atoms with Crippen LogP contribution < -0.4 is 0 Å². The largest absolute Gasteiger partial charge is 0.458 e. The maximum atomic E-state index is 12.7. The molecule has 8 aliphatic rings. The van der Waals surface area contributed by atoms with E-state index in [1.807, 2.05) is 0 Å². The van der Waals surface area contributed by atoms with Crippen LogP contribution >= 0.6 is 0 Å². The molecule has 8 rings (SSSR count). The minimum Gasteiger partial charge on any atom is -0.458 e. The van der Waals surface area contributed by atoms with Crippen LogP contribution in [0.15, 0.2) is 11.6 Å². The van der Waals surface area contributed by atoms with Crippen LogP contribution in [0.2, 0.25) is 0 Å². The summed E-state index contributed by atoms with van der Waals surface area (Å²) in [5, 5.41) is 85.2. The molecule has 3 saturated heterocycles. The summed E-state index contributed by atoms with van der Waals surface area (Å²) in [6.45, 7) is 8.05. The third-order valence-corrected chi connectivity index (χ3v) is 17.0. The molecule has 0 aromatic heterocycles. The number of carbonyl (C=O) groups excluding carboxylic acids is 1. The molecule has 7 fully saturated rings. The summed E-state index contributed by atoms with van der Waals surface area (Å²) < 4.78 is 47.4. The van der Waals surface area contributed by atoms with Crippen molar-refractivity contribution in [1.82, 2.24) is 0 Å². The summed E-state index contributed by atoms with van der Waals surface area (Å²) in [5.41, 5.74) is 0.00810. The number of aliphatic hydroxyl groups is 8. The van der Waals surface area contributed by atoms with Crippen molar-refractivity contribution in [3.05, 3.63) is 11.6 Å². The number of hydrogen-bond acceptors (Lipinski definition) is 17. The minimum atomic E-state index is -1.70. The lowest BCUT2D eigenvalue weighted by Gasteiger charge is -2.65. The summed E-state index contributed by atoms with van der Waals surface area (Å²) in [7, 11) is 1.55. The lowest BCUT2D eigenvalue weighted by atomic mass is 9.41. The Bertz CT molecular complexity index is 1560. The van der Waals surface area contributed by atoms with Crippen molar-refractivity contribution < 1.29 is 83.5 Å². The van der Waals surface area contributed by atoms with Gasteiger partial charge in [0.2, 0.25) is 0 Å². The lowest BCUT2D eigenvalue weighted by molar-refractivity contribution is -0.355. The van der Waals surface area contributed by atoms with E-state index < -0.39 is 105 Å². The molecule has 342 valence electrons. The highest BCUT2D eigenvalue weighted by Gasteiger charge is 2.68. The van der Waals surface area contributed by atoms with Crippen molar-refractivity contribution >= 4 is 5.97 Å². The van der Waals surface area contributed by atoms with Crippen molar-refractivity contribution in [2.24, 2.45) is 40.4 Å². The number of hydrogen-bond donors (Lipinski definition) is 8. The van der Waals surface area contributed by atoms with Crippen molar-refractivity contribution in [2.45, 2.75) is 183 Å². The monoisotopic (exact) mass is 856 g/mol. The molecule has 23 atom stereocenters. The number of esters is 1. The van der Waals surface area contributed by atoms with Gasteiger partial charge in [0, 0.05) is 25.0 Å². The van der Waals surface area contributed by atoms with E-state index in [1.54, 1.807) is 20.1 Å². The van der Waals surface area contributed by atoms with Gasteiger partial charge in [0.05, 0.1) is 37.1 Å². The van der Waals surface area contributed by atoms with Crippen LogP contribution in [0.25, 0.3) is 0 Å². The maximum Gasteiger partial charge on any atom is 0.331 e. The van der Waals surface area contributed by atoms with Crippen LogP contribution in [0, 0.1) is 40.4 Å². The van der Waals surface area contributed by atoms with E-state index in [0.717, 1.165) is 56.9 Å². The second-order valence-corrected chi connectivity index (χ2v) is 19.7. The molecule has 0 amide bonds. The zero-order valence-electron chi connectivity index (χ0n) is 35.4. The molecule has 17 nitrogen and oxygen atoms in total. The zero-order valence-corrected chi connectivity index (χ0v) is 35.4. The normalized spacial score (nSPS) is 54.4. The van der Waals surface area contributed by atoms with E-state index in [0.29, 0.717) is 30.8 Å². The average molecular weight is 857 g/mol. The Kier molecular flexibility index (Phi) is 13.0. The van der Waals surface area contributed by atoms with Gasteiger partial charge in [-0.05, 0) is 98.9 Å². The fourth-order valence-corrected chi connectivity index (χ4v) is 13.4. The highest BCUT2D eigenvalue weighted by Crippen LogP contribution is 2.70. The Morgan fingerprint density at radius 1 is 0.783 bits per heavy atom. The van der Waals surface area contributed by atoms with Crippen molar-refractivity contribution in [3.63, 3.8) is 0 Å². The first-order chi connectivity index (χ1) is 28.4. The van der Waals surface area contributed by atoms with Gasteiger partial charge < -0.3 is 78.7 Å². The predicted octanol–water partition coefficient (Wildman–Crippen LogP) is 0.0338. The van der Waals surface area contributed by atoms with E-state index in [4.69, 9.17) is 37.9 Å². The Hall–Kier alpha value is -1.39. The summed E-state index contributed by atoms with van der Waals surface area (Å²) >= 11 is 0. The van der Waals surface area contributed by atoms with E-state index in [2.05, 4.69) is 20.8 Å². The molecule has 4 saturated carbocycles. The van der Waals surface area contributed by atoms with E-state index in [1.165, 1.54) is 0 Å². The van der Waals surface area contributed by atoms with Crippen LogP contribution in [-0.4, -0.2) is 171 Å². The molecule has 4 aliphatic carbocycles. The third-order valence-electron chi connectivity index (χ3n) is 17.0. The van der Waals surface area contributed by atoms with Gasteiger partial charge in [-0.1, -0.05) is 20.8 Å². The van der Waals surface area contributed by atoms with Gasteiger partial charge in [0.15, 0.2) is 18.9 Å². The Morgan fingerprint density at radius 3 is 2.17 bits per heavy atom. The molecule has 0 bridgehead atoms. The smallest absolute Gasteiger partial charge is 0.331 e. The van der Waals surface area contributed by atoms with Crippen molar-refractivity contribution in [1.29, 1.82) is 0 Å². The number of rotatable bonds is 10. The maximum absolute atomic E-state index is 12.7. The SMILES string of the molecule is CO[C@H]1C[C@H](O[C@@H]2C[C@H]3CC[C@@H]4[C@H](CC[C@]5(C)[C@@H](C6=CC(=O)OC6)CC[C@]45O)[C@@]3(C)[C@H](C)C2)O[C@H](C)[C@H]1O[C@H]1O[C@H](CO[C@@H]2O[C@H](CO)[C@@H](O)[C@H](O)[C@H]2O)[C@@H](O)[C@H](O)[C@H]1O. The summed E-state index contributed by atoms with van der Waals surface area (Å²) in [6.07, 6.45) is -8.68. The topological polar surface area (TPSA) is 253 Å². The molecular weight excluding hydrogens is 788 g/mol. The van der Waals surface area contributed by atoms with Gasteiger partial charge in [0.1, 0.15) is 61.5 Å². The van der Waals surface area contributed by atoms with E-state index in [-0.39, 0.29) is 34.7 Å². The Labute approximate surface area is 351 Å². The number of cyclic esters (lactones) is 1. The highest BCUT2D eigenvalue weighted by atomic mass is 16.8. The van der Waals surface area contributed by atoms with Crippen molar-refractivity contribution in [2.75, 3.05) is 26.9 Å². The first-order valence-electron chi connectivity index (χ1n) is 22.2. The summed E-state index contributed by atoms with van der Waals surface area (Å²) in [6, 6.07) is 0. The first kappa shape index (κ1) is 45.2. The van der Waals surface area contributed by atoms with Crippen LogP contribution in [-0.2, 0) is 42.7 Å². The Morgan fingerprint density at radius 2 is 1.48 bits per heavy atom. The molecule has 0 spiro atoms. The van der Waals surface area contributed by atoms with Gasteiger partial charge in [-0.15, -0.1) is 0 Å². The van der Waals surface area contributed by atoms with Crippen molar-refractivity contribution in [3.8, 4) is 0 Å². The first-order valence-corrected chi connectivity index (χ1v) is 22.2. The highest BCUT2D eigenvalue weighted by molar-refractivity contribution is 5.85. The molecule has 0 aromatic carbocycles. The number of ether oxygens (including phenoxy) is 8. The summed E-state index contributed by atoms with van der Waals surface area (Å²) in [4.78, 5) is 12.0. The van der Waals surface area contributed by atoms with E-state index >= 15 is 0 Å². The Balaban J connectivity index is 0.872. The number of aliphatic hydroxyl groups excluding tert-OH is 7. The quantitative estimate of drug-likeness (QED) is 0.107. The second kappa shape index (κ2) is 17.2. The molecule has 60 heavy (non-hydrogen) atoms. The number of methoxy groups -OCH3 is 1. The van der Waals surface area contributed by atoms with Crippen LogP contribution in [0.1, 0.15) is 85.5 Å². The molecule has 4 heterocycles. The molecule has 4 aliphatic heterocycles. The van der Waals surface area contributed by atoms with Gasteiger partial charge in [-0.2, -0.15) is 0 Å². The molecule has 8 N–H and O–H groups in total. The molecular formula is C43H68O17. The fourth-order valence-electron chi connectivity index (χ4n) is 13.4. The third kappa shape index (κ3) is 7.52. The fraction of sp³-hybridized carbons (Fsp3) is 0.930. The standard InChI is InChI=1S/C43H68O17/c1-19-12-23(14-22-6-7-26-25(42(19,22)4)8-10-41(3)24(9-11-43(26,41)52)21-13-30(45)54-17-21)57-31-15-27(53-5)38(20(2)56-31)60-40-37(51)35(49)33(47)29(59-40)18-55-39-36(50)34(48)32(46)28(16-44)58-39/h13,19-20,22-29,31-40,44,46-52H,6-12,14-18H2,1-5H3/t19-,20-,22-,23+,24-,25+,26-,27+,28-,29-,31+,32-,33-,34+,35+,36-,37-,38-,39-,40-,41-,42+,43+/m1/s1. The second-order valence-electron chi connectivity index (χ2n) is 19.7. The molecule has 17 heteroatoms. The number of carbonyl (C=O) groups is 1. The van der Waals surface area contributed by atoms with Crippen LogP contribution in [0.5, 0.6) is 0 Å². The average Bonchev–Trinajstić information content (AvgIpc) is 3.77. The lowest BCUT2D eigenvalue weighted by Crippen LogP contribution is -2.64. The van der Waals surface area contributed by atoms with Crippen LogP contribution in [0.4, 0.5) is 0 Å². The minimum absolute atomic E-state index is 0.0368. The molecule has 0 aromatic rings. The predicted molar refractivity (Wildman–Crippen MR) is 206 cm³/mol. The number of fused-ring (bicyclic) bond motifs is 5. The van der Waals surface area contributed by atoms with Gasteiger partial charge in [-0.3, -0.25) is 0 Å². The summed E-state index contributed by atoms with van der Waals surface area (Å²) in [5.74, 6) is 1.22. The zero-order chi connectivity index (χ0) is 43.1. The van der Waals surface area contributed by atoms with Gasteiger partial charge >= 0.3 is 5.97 Å².